The van der Waals surface area contributed by atoms with E-state index in [0.717, 1.165) is 0 Å². The number of nitrogens with zero attached hydrogens (tertiary/aromatic N) is 1. The highest BCUT2D eigenvalue weighted by molar-refractivity contribution is 5.92. The van der Waals surface area contributed by atoms with Crippen LogP contribution in [0.5, 0.6) is 5.75 Å². The fraction of sp³-hybridized carbons (Fsp3) is 0.235. The molecule has 0 saturated carbocycles. The van der Waals surface area contributed by atoms with Gasteiger partial charge in [0.1, 0.15) is 24.0 Å². The van der Waals surface area contributed by atoms with E-state index in [2.05, 4.69) is 5.32 Å². The number of rotatable bonds is 7. The molecule has 2 rings (SSSR count). The first-order valence-corrected chi connectivity index (χ1v) is 7.15. The number of carbonyl (C=O) groups is 1. The monoisotopic (exact) mass is 320 g/mol. The molecule has 0 heterocycles. The summed E-state index contributed by atoms with van der Waals surface area (Å²) in [6.45, 7) is 1.05. The molecule has 0 aliphatic carbocycles. The lowest BCUT2D eigenvalue weighted by atomic mass is 10.3. The Hall–Kier alpha value is -2.47. The molecule has 122 valence electrons. The highest BCUT2D eigenvalue weighted by Crippen LogP contribution is 2.11. The molecule has 0 unspecified atom stereocenters. The average molecular weight is 320 g/mol. The van der Waals surface area contributed by atoms with Gasteiger partial charge in [-0.05, 0) is 49.5 Å². The third-order valence-electron chi connectivity index (χ3n) is 3.08. The van der Waals surface area contributed by atoms with Crippen molar-refractivity contribution in [1.29, 1.82) is 0 Å². The van der Waals surface area contributed by atoms with E-state index in [9.17, 15) is 13.6 Å². The molecule has 6 heteroatoms. The SMILES string of the molecule is CN(CCOc1ccc(F)cc1)CC(=O)Nc1cccc(F)c1. The number of hydrogen-bond acceptors (Lipinski definition) is 3. The molecule has 0 aliphatic heterocycles. The summed E-state index contributed by atoms with van der Waals surface area (Å²) in [5.41, 5.74) is 0.422. The fourth-order valence-electron chi connectivity index (χ4n) is 1.94. The maximum absolute atomic E-state index is 13.0. The van der Waals surface area contributed by atoms with Crippen molar-refractivity contribution in [3.63, 3.8) is 0 Å². The van der Waals surface area contributed by atoms with Crippen molar-refractivity contribution in [1.82, 2.24) is 4.90 Å². The highest BCUT2D eigenvalue weighted by Gasteiger charge is 2.07. The van der Waals surface area contributed by atoms with E-state index < -0.39 is 5.82 Å². The second kappa shape index (κ2) is 8.24. The zero-order chi connectivity index (χ0) is 16.7. The summed E-state index contributed by atoms with van der Waals surface area (Å²) in [6.07, 6.45) is 0. The molecule has 0 radical (unpaired) electrons. The average Bonchev–Trinajstić information content (AvgIpc) is 2.49. The quantitative estimate of drug-likeness (QED) is 0.853. The van der Waals surface area contributed by atoms with E-state index in [4.69, 9.17) is 4.74 Å². The maximum atomic E-state index is 13.0. The lowest BCUT2D eigenvalue weighted by molar-refractivity contribution is -0.117. The van der Waals surface area contributed by atoms with Gasteiger partial charge in [-0.25, -0.2) is 8.78 Å². The van der Waals surface area contributed by atoms with Gasteiger partial charge in [0, 0.05) is 12.2 Å². The van der Waals surface area contributed by atoms with Gasteiger partial charge in [-0.15, -0.1) is 0 Å². The molecular weight excluding hydrogens is 302 g/mol. The summed E-state index contributed by atoms with van der Waals surface area (Å²) < 4.78 is 31.2. The van der Waals surface area contributed by atoms with Crippen LogP contribution in [0.1, 0.15) is 0 Å². The Morgan fingerprint density at radius 1 is 1.13 bits per heavy atom. The number of hydrogen-bond donors (Lipinski definition) is 1. The van der Waals surface area contributed by atoms with Crippen LogP contribution in [-0.4, -0.2) is 37.6 Å². The number of carbonyl (C=O) groups excluding carboxylic acids is 1. The molecule has 2 aromatic carbocycles. The number of likely N-dealkylation sites (N-methyl/N-ethyl adjacent to an activating group) is 1. The topological polar surface area (TPSA) is 41.6 Å². The third-order valence-corrected chi connectivity index (χ3v) is 3.08. The standard InChI is InChI=1S/C17H18F2N2O2/c1-21(9-10-23-16-7-5-13(18)6-8-16)12-17(22)20-15-4-2-3-14(19)11-15/h2-8,11H,9-10,12H2,1H3,(H,20,22). The number of nitrogens with one attached hydrogen (secondary N) is 1. The molecule has 4 nitrogen and oxygen atoms in total. The first-order chi connectivity index (χ1) is 11.0. The van der Waals surface area contributed by atoms with Crippen LogP contribution in [0.3, 0.4) is 0 Å². The van der Waals surface area contributed by atoms with E-state index in [-0.39, 0.29) is 18.3 Å². The highest BCUT2D eigenvalue weighted by atomic mass is 19.1. The molecule has 0 aliphatic rings. The molecule has 1 N–H and O–H groups in total. The van der Waals surface area contributed by atoms with Gasteiger partial charge in [-0.3, -0.25) is 9.69 Å². The summed E-state index contributed by atoms with van der Waals surface area (Å²) in [4.78, 5) is 13.6. The molecule has 0 atom stereocenters. The Morgan fingerprint density at radius 3 is 2.57 bits per heavy atom. The summed E-state index contributed by atoms with van der Waals surface area (Å²) in [6, 6.07) is 11.5. The lowest BCUT2D eigenvalue weighted by Crippen LogP contribution is -2.33. The van der Waals surface area contributed by atoms with Crippen LogP contribution in [0, 0.1) is 11.6 Å². The Labute approximate surface area is 133 Å². The minimum absolute atomic E-state index is 0.156. The predicted octanol–water partition coefficient (Wildman–Crippen LogP) is 2.91. The van der Waals surface area contributed by atoms with E-state index >= 15 is 0 Å². The third kappa shape index (κ3) is 6.04. The van der Waals surface area contributed by atoms with Gasteiger partial charge in [0.15, 0.2) is 0 Å². The second-order valence-corrected chi connectivity index (χ2v) is 5.10. The molecule has 23 heavy (non-hydrogen) atoms. The van der Waals surface area contributed by atoms with Crippen LogP contribution in [0.2, 0.25) is 0 Å². The predicted molar refractivity (Wildman–Crippen MR) is 84.4 cm³/mol. The largest absolute Gasteiger partial charge is 0.492 e. The van der Waals surface area contributed by atoms with Crippen molar-refractivity contribution in [3.8, 4) is 5.75 Å². The van der Waals surface area contributed by atoms with Crippen LogP contribution < -0.4 is 10.1 Å². The van der Waals surface area contributed by atoms with Gasteiger partial charge in [-0.1, -0.05) is 6.07 Å². The molecular formula is C17H18F2N2O2. The van der Waals surface area contributed by atoms with Crippen molar-refractivity contribution in [2.75, 3.05) is 32.1 Å². The minimum Gasteiger partial charge on any atom is -0.492 e. The smallest absolute Gasteiger partial charge is 0.238 e. The van der Waals surface area contributed by atoms with Crippen molar-refractivity contribution in [2.24, 2.45) is 0 Å². The number of halogens is 2. The van der Waals surface area contributed by atoms with Gasteiger partial charge in [0.25, 0.3) is 0 Å². The maximum Gasteiger partial charge on any atom is 0.238 e. The molecule has 0 spiro atoms. The lowest BCUT2D eigenvalue weighted by Gasteiger charge is -2.16. The molecule has 0 fully saturated rings. The van der Waals surface area contributed by atoms with Crippen molar-refractivity contribution >= 4 is 11.6 Å². The number of amides is 1. The molecule has 0 aromatic heterocycles. The molecule has 0 saturated heterocycles. The number of anilines is 1. The van der Waals surface area contributed by atoms with Crippen molar-refractivity contribution in [3.05, 3.63) is 60.2 Å². The van der Waals surface area contributed by atoms with Crippen LogP contribution in [0.4, 0.5) is 14.5 Å². The fourth-order valence-corrected chi connectivity index (χ4v) is 1.94. The number of benzene rings is 2. The zero-order valence-electron chi connectivity index (χ0n) is 12.8. The van der Waals surface area contributed by atoms with Gasteiger partial charge >= 0.3 is 0 Å². The van der Waals surface area contributed by atoms with Crippen molar-refractivity contribution in [2.45, 2.75) is 0 Å². The van der Waals surface area contributed by atoms with Crippen LogP contribution in [-0.2, 0) is 4.79 Å². The van der Waals surface area contributed by atoms with Crippen molar-refractivity contribution < 1.29 is 18.3 Å². The van der Waals surface area contributed by atoms with Gasteiger partial charge < -0.3 is 10.1 Å². The Balaban J connectivity index is 1.70. The van der Waals surface area contributed by atoms with E-state index in [1.54, 1.807) is 30.1 Å². The first-order valence-electron chi connectivity index (χ1n) is 7.15. The van der Waals surface area contributed by atoms with E-state index in [1.165, 1.54) is 30.3 Å². The second-order valence-electron chi connectivity index (χ2n) is 5.10. The molecule has 0 bridgehead atoms. The van der Waals surface area contributed by atoms with Crippen LogP contribution in [0.25, 0.3) is 0 Å². The normalized spacial score (nSPS) is 10.6. The van der Waals surface area contributed by atoms with Gasteiger partial charge in [0.05, 0.1) is 6.54 Å². The number of ether oxygens (including phenoxy) is 1. The van der Waals surface area contributed by atoms with Gasteiger partial charge in [0.2, 0.25) is 5.91 Å². The molecule has 2 aromatic rings. The van der Waals surface area contributed by atoms with Crippen LogP contribution in [0.15, 0.2) is 48.5 Å². The first kappa shape index (κ1) is 16.9. The summed E-state index contributed by atoms with van der Waals surface area (Å²) in [5, 5.41) is 2.62. The summed E-state index contributed by atoms with van der Waals surface area (Å²) in [7, 11) is 1.78. The Morgan fingerprint density at radius 2 is 1.87 bits per heavy atom. The summed E-state index contributed by atoms with van der Waals surface area (Å²) in [5.74, 6) is -0.378. The minimum atomic E-state index is -0.399. The van der Waals surface area contributed by atoms with E-state index in [0.29, 0.717) is 24.6 Å². The Bertz CT molecular complexity index is 647. The Kier molecular flexibility index (Phi) is 6.05. The van der Waals surface area contributed by atoms with E-state index in [1.807, 2.05) is 0 Å². The molecule has 1 amide bonds. The summed E-state index contributed by atoms with van der Waals surface area (Å²) >= 11 is 0. The van der Waals surface area contributed by atoms with Gasteiger partial charge in [-0.2, -0.15) is 0 Å². The zero-order valence-corrected chi connectivity index (χ0v) is 12.8. The van der Waals surface area contributed by atoms with Crippen LogP contribution >= 0.6 is 0 Å².